The summed E-state index contributed by atoms with van der Waals surface area (Å²) in [5, 5.41) is 8.28. The fourth-order valence-corrected chi connectivity index (χ4v) is 0.598. The molecule has 4 heteroatoms. The van der Waals surface area contributed by atoms with Crippen LogP contribution >= 0.6 is 12.4 Å². The van der Waals surface area contributed by atoms with Crippen LogP contribution in [0, 0.1) is 0 Å². The van der Waals surface area contributed by atoms with E-state index in [1.54, 1.807) is 6.08 Å². The van der Waals surface area contributed by atoms with Crippen molar-refractivity contribution in [2.24, 2.45) is 0 Å². The smallest absolute Gasteiger partial charge is 0.304 e. The quantitative estimate of drug-likeness (QED) is 0.641. The molecule has 3 nitrogen and oxygen atoms in total. The number of likely N-dealkylation sites (N-methyl/N-ethyl adjacent to an activating group) is 1. The zero-order valence-corrected chi connectivity index (χ0v) is 7.43. The first-order valence-corrected chi connectivity index (χ1v) is 3.18. The third kappa shape index (κ3) is 9.46. The van der Waals surface area contributed by atoms with E-state index in [9.17, 15) is 4.79 Å². The van der Waals surface area contributed by atoms with Gasteiger partial charge in [0, 0.05) is 13.1 Å². The number of nitrogens with zero attached hydrogens (tertiary/aromatic N) is 1. The molecule has 66 valence electrons. The molecule has 0 saturated carbocycles. The second kappa shape index (κ2) is 7.57. The van der Waals surface area contributed by atoms with Crippen LogP contribution in [0.2, 0.25) is 0 Å². The molecule has 0 aromatic heterocycles. The zero-order chi connectivity index (χ0) is 7.98. The molecule has 0 bridgehead atoms. The number of aliphatic carboxylic acids is 1. The van der Waals surface area contributed by atoms with Crippen LogP contribution in [0.5, 0.6) is 0 Å². The van der Waals surface area contributed by atoms with Crippen molar-refractivity contribution < 1.29 is 9.90 Å². The molecule has 0 fully saturated rings. The van der Waals surface area contributed by atoms with E-state index in [1.807, 2.05) is 11.9 Å². The average Bonchev–Trinajstić information content (AvgIpc) is 1.85. The molecule has 0 radical (unpaired) electrons. The zero-order valence-electron chi connectivity index (χ0n) is 6.62. The molecule has 0 unspecified atom stereocenters. The van der Waals surface area contributed by atoms with Gasteiger partial charge in [0.25, 0.3) is 0 Å². The minimum atomic E-state index is -0.754. The van der Waals surface area contributed by atoms with Gasteiger partial charge < -0.3 is 10.0 Å². The molecule has 0 amide bonds. The molecule has 0 aliphatic rings. The molecule has 0 saturated heterocycles. The molecule has 0 aromatic rings. The monoisotopic (exact) mass is 179 g/mol. The Balaban J connectivity index is 0. The molecule has 0 aromatic carbocycles. The van der Waals surface area contributed by atoms with Crippen molar-refractivity contribution in [2.75, 3.05) is 20.1 Å². The normalized spacial score (nSPS) is 8.91. The molecule has 0 atom stereocenters. The summed E-state index contributed by atoms with van der Waals surface area (Å²) in [5.74, 6) is -0.754. The summed E-state index contributed by atoms with van der Waals surface area (Å²) in [6, 6.07) is 0. The minimum Gasteiger partial charge on any atom is -0.481 e. The Morgan fingerprint density at radius 3 is 2.64 bits per heavy atom. The first-order chi connectivity index (χ1) is 4.66. The van der Waals surface area contributed by atoms with Crippen molar-refractivity contribution >= 4 is 18.4 Å². The molecule has 1 N–H and O–H groups in total. The third-order valence-electron chi connectivity index (χ3n) is 1.15. The summed E-state index contributed by atoms with van der Waals surface area (Å²) in [6.07, 6.45) is 1.95. The number of halogens is 1. The fraction of sp³-hybridized carbons (Fsp3) is 0.571. The highest BCUT2D eigenvalue weighted by Crippen LogP contribution is 1.86. The molecule has 0 aliphatic heterocycles. The van der Waals surface area contributed by atoms with Gasteiger partial charge in [-0.25, -0.2) is 0 Å². The highest BCUT2D eigenvalue weighted by atomic mass is 35.5. The molecular formula is C7H14ClNO2. The van der Waals surface area contributed by atoms with Crippen molar-refractivity contribution in [3.05, 3.63) is 12.7 Å². The van der Waals surface area contributed by atoms with Gasteiger partial charge in [-0.15, -0.1) is 19.0 Å². The van der Waals surface area contributed by atoms with Gasteiger partial charge in [0.2, 0.25) is 0 Å². The maximum atomic E-state index is 10.1. The Bertz CT molecular complexity index is 128. The van der Waals surface area contributed by atoms with E-state index in [1.165, 1.54) is 0 Å². The van der Waals surface area contributed by atoms with Gasteiger partial charge in [-0.1, -0.05) is 6.08 Å². The van der Waals surface area contributed by atoms with Crippen LogP contribution in [0.25, 0.3) is 0 Å². The van der Waals surface area contributed by atoms with Crippen molar-refractivity contribution in [1.29, 1.82) is 0 Å². The second-order valence-electron chi connectivity index (χ2n) is 2.19. The number of carboxylic acid groups (broad SMARTS) is 1. The maximum Gasteiger partial charge on any atom is 0.304 e. The molecule has 0 heterocycles. The lowest BCUT2D eigenvalue weighted by Crippen LogP contribution is -2.21. The van der Waals surface area contributed by atoms with E-state index >= 15 is 0 Å². The lowest BCUT2D eigenvalue weighted by molar-refractivity contribution is -0.137. The van der Waals surface area contributed by atoms with Crippen LogP contribution in [0.4, 0.5) is 0 Å². The van der Waals surface area contributed by atoms with E-state index in [-0.39, 0.29) is 18.8 Å². The number of carbonyl (C=O) groups is 1. The SMILES string of the molecule is C=CCN(C)CCC(=O)O.Cl. The van der Waals surface area contributed by atoms with Crippen LogP contribution in [0.3, 0.4) is 0 Å². The molecule has 0 rings (SSSR count). The Morgan fingerprint density at radius 2 is 2.27 bits per heavy atom. The Kier molecular flexibility index (Phi) is 9.00. The third-order valence-corrected chi connectivity index (χ3v) is 1.15. The summed E-state index contributed by atoms with van der Waals surface area (Å²) in [6.45, 7) is 4.87. The van der Waals surface area contributed by atoms with Gasteiger partial charge in [0.15, 0.2) is 0 Å². The first kappa shape index (κ1) is 13.1. The molecule has 0 aliphatic carbocycles. The highest BCUT2D eigenvalue weighted by molar-refractivity contribution is 5.85. The van der Waals surface area contributed by atoms with Gasteiger partial charge in [0.1, 0.15) is 0 Å². The van der Waals surface area contributed by atoms with E-state index in [4.69, 9.17) is 5.11 Å². The van der Waals surface area contributed by atoms with E-state index in [2.05, 4.69) is 6.58 Å². The molecule has 11 heavy (non-hydrogen) atoms. The average molecular weight is 180 g/mol. The first-order valence-electron chi connectivity index (χ1n) is 3.18. The summed E-state index contributed by atoms with van der Waals surface area (Å²) in [4.78, 5) is 12.0. The standard InChI is InChI=1S/C7H13NO2.ClH/c1-3-5-8(2)6-4-7(9)10;/h3H,1,4-6H2,2H3,(H,9,10);1H. The maximum absolute atomic E-state index is 10.1. The minimum absolute atomic E-state index is 0. The van der Waals surface area contributed by atoms with Crippen molar-refractivity contribution in [3.63, 3.8) is 0 Å². The van der Waals surface area contributed by atoms with Gasteiger partial charge >= 0.3 is 5.97 Å². The number of hydrogen-bond acceptors (Lipinski definition) is 2. The fourth-order valence-electron chi connectivity index (χ4n) is 0.598. The van der Waals surface area contributed by atoms with Crippen molar-refractivity contribution in [3.8, 4) is 0 Å². The van der Waals surface area contributed by atoms with Gasteiger partial charge in [-0.3, -0.25) is 4.79 Å². The van der Waals surface area contributed by atoms with Crippen LogP contribution < -0.4 is 0 Å². The predicted octanol–water partition coefficient (Wildman–Crippen LogP) is 1.00. The Morgan fingerprint density at radius 1 is 1.73 bits per heavy atom. The van der Waals surface area contributed by atoms with Crippen LogP contribution in [0.15, 0.2) is 12.7 Å². The lowest BCUT2D eigenvalue weighted by Gasteiger charge is -2.11. The molecule has 0 spiro atoms. The summed E-state index contributed by atoms with van der Waals surface area (Å²) in [5.41, 5.74) is 0. The van der Waals surface area contributed by atoms with E-state index in [0.717, 1.165) is 6.54 Å². The summed E-state index contributed by atoms with van der Waals surface area (Å²) < 4.78 is 0. The number of rotatable bonds is 5. The van der Waals surface area contributed by atoms with Gasteiger partial charge in [-0.05, 0) is 7.05 Å². The molecular weight excluding hydrogens is 166 g/mol. The van der Waals surface area contributed by atoms with E-state index in [0.29, 0.717) is 6.54 Å². The second-order valence-corrected chi connectivity index (χ2v) is 2.19. The van der Waals surface area contributed by atoms with Crippen molar-refractivity contribution in [1.82, 2.24) is 4.90 Å². The Hall–Kier alpha value is -0.540. The number of carboxylic acids is 1. The summed E-state index contributed by atoms with van der Waals surface area (Å²) in [7, 11) is 1.87. The lowest BCUT2D eigenvalue weighted by atomic mass is 10.4. The van der Waals surface area contributed by atoms with Crippen LogP contribution in [-0.4, -0.2) is 36.1 Å². The predicted molar refractivity (Wildman–Crippen MR) is 47.2 cm³/mol. The van der Waals surface area contributed by atoms with Gasteiger partial charge in [-0.2, -0.15) is 0 Å². The van der Waals surface area contributed by atoms with E-state index < -0.39 is 5.97 Å². The Labute approximate surface area is 73.1 Å². The number of hydrogen-bond donors (Lipinski definition) is 1. The van der Waals surface area contributed by atoms with Crippen LogP contribution in [0.1, 0.15) is 6.42 Å². The van der Waals surface area contributed by atoms with Crippen molar-refractivity contribution in [2.45, 2.75) is 6.42 Å². The highest BCUT2D eigenvalue weighted by Gasteiger charge is 1.98. The van der Waals surface area contributed by atoms with Gasteiger partial charge in [0.05, 0.1) is 6.42 Å². The van der Waals surface area contributed by atoms with Crippen LogP contribution in [-0.2, 0) is 4.79 Å². The summed E-state index contributed by atoms with van der Waals surface area (Å²) >= 11 is 0. The topological polar surface area (TPSA) is 40.5 Å². The largest absolute Gasteiger partial charge is 0.481 e.